The van der Waals surface area contributed by atoms with Crippen LogP contribution in [0.4, 0.5) is 5.69 Å². The molecule has 4 nitrogen and oxygen atoms in total. The van der Waals surface area contributed by atoms with Gasteiger partial charge in [-0.25, -0.2) is 13.1 Å². The van der Waals surface area contributed by atoms with Crippen LogP contribution in [-0.4, -0.2) is 25.8 Å². The molecule has 162 valence electrons. The molecule has 1 fully saturated rings. The normalized spacial score (nSPS) is 21.2. The van der Waals surface area contributed by atoms with Gasteiger partial charge in [0, 0.05) is 18.3 Å². The predicted molar refractivity (Wildman–Crippen MR) is 125 cm³/mol. The van der Waals surface area contributed by atoms with Crippen LogP contribution in [-0.2, 0) is 16.4 Å². The highest BCUT2D eigenvalue weighted by atomic mass is 32.2. The molecule has 5 heteroatoms. The maximum atomic E-state index is 12.6. The maximum absolute atomic E-state index is 12.6. The van der Waals surface area contributed by atoms with Crippen LogP contribution in [0.1, 0.15) is 64.0 Å². The minimum absolute atomic E-state index is 0.0774. The molecule has 2 aliphatic rings. The van der Waals surface area contributed by atoms with Gasteiger partial charge in [0.25, 0.3) is 0 Å². The number of benzene rings is 2. The van der Waals surface area contributed by atoms with E-state index in [-0.39, 0.29) is 6.04 Å². The van der Waals surface area contributed by atoms with E-state index < -0.39 is 14.8 Å². The molecule has 0 amide bonds. The van der Waals surface area contributed by atoms with Crippen molar-refractivity contribution in [3.63, 3.8) is 0 Å². The highest BCUT2D eigenvalue weighted by Gasteiger charge is 2.35. The standard InChI is InChI=1S/C25H34N2O2S/c1-4-25(2,3)30(28,29)27-21-12-9-18(10-13-21)17-26-22-14-11-20-15-19-7-5-6-8-23(19)24(20)16-22/h5-8,11,14,16,18,21,26-27H,4,9-10,12-13,15,17H2,1-3H3. The highest BCUT2D eigenvalue weighted by molar-refractivity contribution is 7.90. The zero-order chi connectivity index (χ0) is 21.4. The average molecular weight is 427 g/mol. The summed E-state index contributed by atoms with van der Waals surface area (Å²) in [7, 11) is -3.28. The van der Waals surface area contributed by atoms with Crippen LogP contribution >= 0.6 is 0 Å². The molecule has 2 aromatic rings. The van der Waals surface area contributed by atoms with Crippen LogP contribution in [0.25, 0.3) is 11.1 Å². The van der Waals surface area contributed by atoms with Gasteiger partial charge in [-0.3, -0.25) is 0 Å². The summed E-state index contributed by atoms with van der Waals surface area (Å²) in [6, 6.07) is 15.5. The molecule has 2 N–H and O–H groups in total. The molecule has 0 aromatic heterocycles. The van der Waals surface area contributed by atoms with Gasteiger partial charge in [-0.2, -0.15) is 0 Å². The summed E-state index contributed by atoms with van der Waals surface area (Å²) in [5, 5.41) is 3.63. The van der Waals surface area contributed by atoms with Gasteiger partial charge in [-0.1, -0.05) is 37.3 Å². The zero-order valence-electron chi connectivity index (χ0n) is 18.4. The van der Waals surface area contributed by atoms with E-state index in [0.717, 1.165) is 38.6 Å². The Labute approximate surface area is 181 Å². The van der Waals surface area contributed by atoms with Crippen LogP contribution in [0.2, 0.25) is 0 Å². The van der Waals surface area contributed by atoms with Gasteiger partial charge in [0.2, 0.25) is 10.0 Å². The molecule has 30 heavy (non-hydrogen) atoms. The van der Waals surface area contributed by atoms with Crippen molar-refractivity contribution in [2.24, 2.45) is 5.92 Å². The summed E-state index contributed by atoms with van der Waals surface area (Å²) >= 11 is 0. The molecule has 0 heterocycles. The largest absolute Gasteiger partial charge is 0.385 e. The van der Waals surface area contributed by atoms with E-state index in [4.69, 9.17) is 0 Å². The quantitative estimate of drug-likeness (QED) is 0.536. The minimum atomic E-state index is -3.28. The van der Waals surface area contributed by atoms with Crippen LogP contribution < -0.4 is 10.0 Å². The van der Waals surface area contributed by atoms with Gasteiger partial charge >= 0.3 is 0 Å². The lowest BCUT2D eigenvalue weighted by Crippen LogP contribution is -2.47. The molecule has 1 saturated carbocycles. The third-order valence-corrected chi connectivity index (χ3v) is 9.53. The number of sulfonamides is 1. The Bertz CT molecular complexity index is 1010. The van der Waals surface area contributed by atoms with Crippen molar-refractivity contribution in [1.82, 2.24) is 4.72 Å². The van der Waals surface area contributed by atoms with E-state index in [1.807, 2.05) is 6.92 Å². The summed E-state index contributed by atoms with van der Waals surface area (Å²) in [4.78, 5) is 0. The van der Waals surface area contributed by atoms with Crippen molar-refractivity contribution in [2.45, 2.75) is 70.1 Å². The van der Waals surface area contributed by atoms with Crippen molar-refractivity contribution in [1.29, 1.82) is 0 Å². The molecule has 0 spiro atoms. The Balaban J connectivity index is 1.30. The molecule has 0 atom stereocenters. The molecule has 0 radical (unpaired) electrons. The molecular weight excluding hydrogens is 392 g/mol. The molecule has 2 aromatic carbocycles. The first-order chi connectivity index (χ1) is 14.3. The Morgan fingerprint density at radius 1 is 0.967 bits per heavy atom. The number of nitrogens with one attached hydrogen (secondary N) is 2. The second kappa shape index (κ2) is 8.35. The maximum Gasteiger partial charge on any atom is 0.217 e. The Morgan fingerprint density at radius 3 is 2.40 bits per heavy atom. The Hall–Kier alpha value is -1.85. The fourth-order valence-electron chi connectivity index (χ4n) is 4.55. The topological polar surface area (TPSA) is 58.2 Å². The van der Waals surface area contributed by atoms with Gasteiger partial charge in [0.1, 0.15) is 0 Å². The first-order valence-electron chi connectivity index (χ1n) is 11.3. The molecular formula is C25H34N2O2S. The highest BCUT2D eigenvalue weighted by Crippen LogP contribution is 2.38. The summed E-state index contributed by atoms with van der Waals surface area (Å²) in [5.74, 6) is 0.588. The monoisotopic (exact) mass is 426 g/mol. The van der Waals surface area contributed by atoms with Gasteiger partial charge in [-0.15, -0.1) is 0 Å². The van der Waals surface area contributed by atoms with E-state index in [1.165, 1.54) is 27.9 Å². The lowest BCUT2D eigenvalue weighted by atomic mass is 9.86. The fraction of sp³-hybridized carbons (Fsp3) is 0.520. The average Bonchev–Trinajstić information content (AvgIpc) is 3.11. The van der Waals surface area contributed by atoms with E-state index in [2.05, 4.69) is 52.5 Å². The van der Waals surface area contributed by atoms with Crippen molar-refractivity contribution in [3.8, 4) is 11.1 Å². The minimum Gasteiger partial charge on any atom is -0.385 e. The van der Waals surface area contributed by atoms with Gasteiger partial charge in [-0.05, 0) is 92.7 Å². The zero-order valence-corrected chi connectivity index (χ0v) is 19.2. The van der Waals surface area contributed by atoms with Gasteiger partial charge in [0.05, 0.1) is 4.75 Å². The van der Waals surface area contributed by atoms with Crippen LogP contribution in [0.3, 0.4) is 0 Å². The van der Waals surface area contributed by atoms with Crippen molar-refractivity contribution in [2.75, 3.05) is 11.9 Å². The predicted octanol–water partition coefficient (Wildman–Crippen LogP) is 5.34. The molecule has 4 rings (SSSR count). The lowest BCUT2D eigenvalue weighted by Gasteiger charge is -2.32. The molecule has 0 bridgehead atoms. The van der Waals surface area contributed by atoms with Crippen LogP contribution in [0, 0.1) is 5.92 Å². The first-order valence-corrected chi connectivity index (χ1v) is 12.7. The van der Waals surface area contributed by atoms with E-state index in [1.54, 1.807) is 13.8 Å². The third-order valence-electron chi connectivity index (χ3n) is 7.14. The van der Waals surface area contributed by atoms with E-state index in [9.17, 15) is 8.42 Å². The number of fused-ring (bicyclic) bond motifs is 3. The molecule has 2 aliphatic carbocycles. The van der Waals surface area contributed by atoms with E-state index in [0.29, 0.717) is 12.3 Å². The molecule has 0 aliphatic heterocycles. The fourth-order valence-corrected chi connectivity index (χ4v) is 5.92. The van der Waals surface area contributed by atoms with Crippen molar-refractivity contribution < 1.29 is 8.42 Å². The van der Waals surface area contributed by atoms with Gasteiger partial charge < -0.3 is 5.32 Å². The number of rotatable bonds is 7. The number of hydrogen-bond donors (Lipinski definition) is 2. The Kier molecular flexibility index (Phi) is 5.95. The molecule has 0 unspecified atom stereocenters. The van der Waals surface area contributed by atoms with Crippen LogP contribution in [0.15, 0.2) is 42.5 Å². The summed E-state index contributed by atoms with van der Waals surface area (Å²) in [5.41, 5.74) is 6.71. The van der Waals surface area contributed by atoms with Gasteiger partial charge in [0.15, 0.2) is 0 Å². The first kappa shape index (κ1) is 21.4. The van der Waals surface area contributed by atoms with E-state index >= 15 is 0 Å². The summed E-state index contributed by atoms with van der Waals surface area (Å²) in [6.07, 6.45) is 5.60. The summed E-state index contributed by atoms with van der Waals surface area (Å²) < 4.78 is 27.5. The molecule has 0 saturated heterocycles. The second-order valence-corrected chi connectivity index (χ2v) is 11.9. The van der Waals surface area contributed by atoms with Crippen molar-refractivity contribution in [3.05, 3.63) is 53.6 Å². The smallest absolute Gasteiger partial charge is 0.217 e. The Morgan fingerprint density at radius 2 is 1.67 bits per heavy atom. The summed E-state index contributed by atoms with van der Waals surface area (Å²) in [6.45, 7) is 6.49. The third kappa shape index (κ3) is 4.28. The number of hydrogen-bond acceptors (Lipinski definition) is 3. The SMILES string of the molecule is CCC(C)(C)S(=O)(=O)NC1CCC(CNc2ccc3c(c2)-c2ccccc2C3)CC1. The lowest BCUT2D eigenvalue weighted by molar-refractivity contribution is 0.322. The number of anilines is 1. The second-order valence-electron chi connectivity index (χ2n) is 9.54. The van der Waals surface area contributed by atoms with Crippen LogP contribution in [0.5, 0.6) is 0 Å². The van der Waals surface area contributed by atoms with Crippen molar-refractivity contribution >= 4 is 15.7 Å².